The summed E-state index contributed by atoms with van der Waals surface area (Å²) in [5.74, 6) is -3.37. The fraction of sp³-hybridized carbons (Fsp3) is 0.825. The standard InChI is InChI=1S/C40H71N7O19/c41-26(50)9-5-6-12-29(53)46-19-32(56)47(20-30(54)42-13-7-1-3-10-27(51)44-15-17-63-39-37(61)35(59)33(57)24(22-48)65-39)21-31(55)43-14-8-2-4-11-28(52)45-16-18-64-40-38(62)36(60)34(58)25(23-49)66-40/h24-25,33-40,48-49,57-62H,1-23H2,(H2,41,50)(H,42,54)(H,43,55)(H,44,51)(H,45,52)(H,46,53)/t24-,25-,33-,34-,35+,36+,37+,38+,39+,40+/m1/s1. The van der Waals surface area contributed by atoms with Gasteiger partial charge < -0.3 is 97.0 Å². The van der Waals surface area contributed by atoms with Crippen LogP contribution < -0.4 is 32.3 Å². The van der Waals surface area contributed by atoms with Crippen LogP contribution in [-0.4, -0.2) is 221 Å². The van der Waals surface area contributed by atoms with Crippen LogP contribution in [0, 0.1) is 0 Å². The van der Waals surface area contributed by atoms with Crippen LogP contribution in [0.4, 0.5) is 0 Å². The lowest BCUT2D eigenvalue weighted by Crippen LogP contribution is -2.59. The van der Waals surface area contributed by atoms with Crippen molar-refractivity contribution in [3.63, 3.8) is 0 Å². The molecule has 2 heterocycles. The molecule has 7 amide bonds. The summed E-state index contributed by atoms with van der Waals surface area (Å²) in [6, 6.07) is 0. The third-order valence-electron chi connectivity index (χ3n) is 10.5. The van der Waals surface area contributed by atoms with Gasteiger partial charge >= 0.3 is 0 Å². The molecule has 0 bridgehead atoms. The van der Waals surface area contributed by atoms with Crippen LogP contribution in [0.25, 0.3) is 0 Å². The highest BCUT2D eigenvalue weighted by Crippen LogP contribution is 2.23. The lowest BCUT2D eigenvalue weighted by molar-refractivity contribution is -0.300. The summed E-state index contributed by atoms with van der Waals surface area (Å²) in [5.41, 5.74) is 5.11. The highest BCUT2D eigenvalue weighted by atomic mass is 16.7. The summed E-state index contributed by atoms with van der Waals surface area (Å²) in [6.07, 6.45) is -9.94. The van der Waals surface area contributed by atoms with Gasteiger partial charge in [-0.25, -0.2) is 0 Å². The molecule has 0 radical (unpaired) electrons. The Bertz CT molecular complexity index is 1410. The molecule has 2 aliphatic rings. The first kappa shape index (κ1) is 57.9. The molecule has 380 valence electrons. The molecule has 26 nitrogen and oxygen atoms in total. The molecule has 0 spiro atoms. The number of nitrogens with zero attached hydrogens (tertiary/aromatic N) is 1. The first-order valence-electron chi connectivity index (χ1n) is 22.2. The number of nitrogens with two attached hydrogens (primary N) is 1. The summed E-state index contributed by atoms with van der Waals surface area (Å²) in [4.78, 5) is 87.4. The molecule has 15 N–H and O–H groups in total. The predicted octanol–water partition coefficient (Wildman–Crippen LogP) is -6.80. The third kappa shape index (κ3) is 22.5. The molecule has 0 aromatic rings. The van der Waals surface area contributed by atoms with Crippen molar-refractivity contribution in [2.75, 3.05) is 72.2 Å². The number of aliphatic hydroxyl groups excluding tert-OH is 8. The van der Waals surface area contributed by atoms with E-state index in [1.54, 1.807) is 0 Å². The Morgan fingerprint density at radius 2 is 0.848 bits per heavy atom. The highest BCUT2D eigenvalue weighted by Gasteiger charge is 2.45. The maximum absolute atomic E-state index is 13.1. The van der Waals surface area contributed by atoms with Gasteiger partial charge in [0.2, 0.25) is 41.4 Å². The van der Waals surface area contributed by atoms with Crippen molar-refractivity contribution in [3.05, 3.63) is 0 Å². The summed E-state index contributed by atoms with van der Waals surface area (Å²) in [6.45, 7) is -2.32. The number of carbonyl (C=O) groups is 7. The fourth-order valence-corrected chi connectivity index (χ4v) is 6.60. The van der Waals surface area contributed by atoms with E-state index < -0.39 is 124 Å². The van der Waals surface area contributed by atoms with E-state index in [2.05, 4.69) is 26.6 Å². The van der Waals surface area contributed by atoms with E-state index in [4.69, 9.17) is 24.7 Å². The normalized spacial score (nSPS) is 25.0. The van der Waals surface area contributed by atoms with Crippen molar-refractivity contribution in [1.82, 2.24) is 31.5 Å². The highest BCUT2D eigenvalue weighted by molar-refractivity contribution is 5.91. The number of hydrogen-bond donors (Lipinski definition) is 14. The second-order valence-corrected chi connectivity index (χ2v) is 15.9. The molecule has 0 aliphatic carbocycles. The van der Waals surface area contributed by atoms with Crippen LogP contribution in [0.15, 0.2) is 0 Å². The zero-order chi connectivity index (χ0) is 49.0. The number of ether oxygens (including phenoxy) is 4. The number of amides is 7. The zero-order valence-corrected chi connectivity index (χ0v) is 37.1. The Balaban J connectivity index is 1.68. The van der Waals surface area contributed by atoms with Crippen molar-refractivity contribution in [1.29, 1.82) is 0 Å². The van der Waals surface area contributed by atoms with Crippen LogP contribution in [0.5, 0.6) is 0 Å². The van der Waals surface area contributed by atoms with Crippen molar-refractivity contribution >= 4 is 41.4 Å². The van der Waals surface area contributed by atoms with Crippen LogP contribution in [0.2, 0.25) is 0 Å². The topological polar surface area (TPSA) is 408 Å². The number of unbranched alkanes of at least 4 members (excludes halogenated alkanes) is 5. The van der Waals surface area contributed by atoms with E-state index in [-0.39, 0.29) is 76.9 Å². The van der Waals surface area contributed by atoms with E-state index in [0.717, 1.165) is 4.90 Å². The quantitative estimate of drug-likeness (QED) is 0.0272. The molecule has 66 heavy (non-hydrogen) atoms. The van der Waals surface area contributed by atoms with E-state index in [0.29, 0.717) is 51.4 Å². The van der Waals surface area contributed by atoms with Gasteiger partial charge in [0.1, 0.15) is 61.9 Å². The maximum Gasteiger partial charge on any atom is 0.242 e. The van der Waals surface area contributed by atoms with E-state index in [1.165, 1.54) is 0 Å². The van der Waals surface area contributed by atoms with Gasteiger partial charge in [0.15, 0.2) is 12.6 Å². The van der Waals surface area contributed by atoms with Crippen LogP contribution in [0.1, 0.15) is 77.0 Å². The molecule has 2 aliphatic heterocycles. The monoisotopic (exact) mass is 953 g/mol. The summed E-state index contributed by atoms with van der Waals surface area (Å²) in [7, 11) is 0. The molecule has 0 saturated carbocycles. The zero-order valence-electron chi connectivity index (χ0n) is 37.1. The molecule has 2 rings (SSSR count). The average Bonchev–Trinajstić information content (AvgIpc) is 3.28. The van der Waals surface area contributed by atoms with E-state index in [1.807, 2.05) is 0 Å². The summed E-state index contributed by atoms with van der Waals surface area (Å²) in [5, 5.41) is 91.0. The van der Waals surface area contributed by atoms with Crippen LogP contribution in [0.3, 0.4) is 0 Å². The largest absolute Gasteiger partial charge is 0.394 e. The summed E-state index contributed by atoms with van der Waals surface area (Å²) >= 11 is 0. The first-order valence-corrected chi connectivity index (χ1v) is 22.2. The van der Waals surface area contributed by atoms with Gasteiger partial charge in [0.05, 0.1) is 33.0 Å². The van der Waals surface area contributed by atoms with Gasteiger partial charge in [-0.15, -0.1) is 0 Å². The minimum atomic E-state index is -1.59. The lowest BCUT2D eigenvalue weighted by atomic mass is 9.99. The number of nitrogens with one attached hydrogen (secondary N) is 5. The number of carbonyl (C=O) groups excluding carboxylic acids is 7. The SMILES string of the molecule is NC(=O)CCCCC(=O)NCC(=O)N(CC(=O)NCCCCCC(=O)NCCO[C@H]1O[C@H](CO)[C@@H](O)[C@H](O)[C@@H]1O)CC(=O)NCCCCCC(=O)NCCO[C@H]1O[C@H](CO)[C@@H](O)[C@H](O)[C@@H]1O. The van der Waals surface area contributed by atoms with Crippen molar-refractivity contribution in [2.45, 2.75) is 138 Å². The Morgan fingerprint density at radius 1 is 0.470 bits per heavy atom. The molecule has 0 unspecified atom stereocenters. The third-order valence-corrected chi connectivity index (χ3v) is 10.5. The second kappa shape index (κ2) is 32.5. The molecule has 2 saturated heterocycles. The number of rotatable bonds is 33. The molecule has 10 atom stereocenters. The molecular weight excluding hydrogens is 882 g/mol. The predicted molar refractivity (Wildman–Crippen MR) is 226 cm³/mol. The Kier molecular flexibility index (Phi) is 28.5. The number of aliphatic hydroxyl groups is 8. The van der Waals surface area contributed by atoms with Crippen molar-refractivity contribution < 1.29 is 93.4 Å². The number of primary amides is 1. The van der Waals surface area contributed by atoms with Gasteiger partial charge in [0, 0.05) is 51.9 Å². The van der Waals surface area contributed by atoms with Gasteiger partial charge in [-0.1, -0.05) is 12.8 Å². The Hall–Kier alpha value is -4.19. The Morgan fingerprint density at radius 3 is 1.26 bits per heavy atom. The fourth-order valence-electron chi connectivity index (χ4n) is 6.60. The smallest absolute Gasteiger partial charge is 0.242 e. The van der Waals surface area contributed by atoms with Crippen molar-refractivity contribution in [3.8, 4) is 0 Å². The minimum Gasteiger partial charge on any atom is -0.394 e. The van der Waals surface area contributed by atoms with Gasteiger partial charge in [-0.3, -0.25) is 33.6 Å². The van der Waals surface area contributed by atoms with E-state index in [9.17, 15) is 74.4 Å². The average molecular weight is 954 g/mol. The van der Waals surface area contributed by atoms with E-state index >= 15 is 0 Å². The van der Waals surface area contributed by atoms with Gasteiger partial charge in [-0.05, 0) is 38.5 Å². The molecular formula is C40H71N7O19. The van der Waals surface area contributed by atoms with Gasteiger partial charge in [-0.2, -0.15) is 0 Å². The molecule has 0 aromatic carbocycles. The number of hydrogen-bond acceptors (Lipinski definition) is 19. The lowest BCUT2D eigenvalue weighted by Gasteiger charge is -2.39. The molecule has 0 aromatic heterocycles. The maximum atomic E-state index is 13.1. The van der Waals surface area contributed by atoms with Crippen LogP contribution in [-0.2, 0) is 52.5 Å². The first-order chi connectivity index (χ1) is 31.5. The molecule has 2 fully saturated rings. The summed E-state index contributed by atoms with van der Waals surface area (Å²) < 4.78 is 21.2. The van der Waals surface area contributed by atoms with Gasteiger partial charge in [0.25, 0.3) is 0 Å². The van der Waals surface area contributed by atoms with Crippen molar-refractivity contribution in [2.24, 2.45) is 5.73 Å². The molecule has 26 heteroatoms. The second-order valence-electron chi connectivity index (χ2n) is 15.9. The Labute approximate surface area is 382 Å². The van der Waals surface area contributed by atoms with Crippen LogP contribution >= 0.6 is 0 Å². The minimum absolute atomic E-state index is 0.0325.